The largest absolute Gasteiger partial charge is 0.505 e. The van der Waals surface area contributed by atoms with E-state index in [-0.39, 0.29) is 45.2 Å². The van der Waals surface area contributed by atoms with Gasteiger partial charge < -0.3 is 20.0 Å². The van der Waals surface area contributed by atoms with Crippen LogP contribution in [-0.4, -0.2) is 37.2 Å². The molecule has 0 unspecified atom stereocenters. The van der Waals surface area contributed by atoms with Gasteiger partial charge in [0, 0.05) is 5.56 Å². The molecule has 0 amide bonds. The van der Waals surface area contributed by atoms with Crippen molar-refractivity contribution in [3.63, 3.8) is 0 Å². The van der Waals surface area contributed by atoms with E-state index in [2.05, 4.69) is 19.7 Å². The van der Waals surface area contributed by atoms with E-state index in [1.54, 1.807) is 0 Å². The van der Waals surface area contributed by atoms with Gasteiger partial charge in [0.2, 0.25) is 0 Å². The summed E-state index contributed by atoms with van der Waals surface area (Å²) in [5.74, 6) is -1.95. The van der Waals surface area contributed by atoms with Crippen molar-refractivity contribution in [2.24, 2.45) is 10.2 Å². The molecular weight excluding hydrogens is 417 g/mol. The molecule has 4 N–H and O–H groups in total. The Kier molecular flexibility index (Phi) is 6.60. The van der Waals surface area contributed by atoms with E-state index < -0.39 is 26.1 Å². The number of aldehydes is 1. The number of carbonyl (C=O) groups is 2. The van der Waals surface area contributed by atoms with Crippen molar-refractivity contribution in [2.75, 3.05) is 0 Å². The Hall–Kier alpha value is -2.69. The molecule has 1 heterocycles. The number of carboxylic acids is 1. The zero-order valence-corrected chi connectivity index (χ0v) is 15.8. The number of benzene rings is 1. The molecule has 0 radical (unpaired) electrons. The monoisotopic (exact) mass is 429 g/mol. The third kappa shape index (κ3) is 5.18. The minimum absolute atomic E-state index is 0.0234. The zero-order valence-electron chi connectivity index (χ0n) is 14.1. The number of aromatic carboxylic acids is 1. The average Bonchev–Trinajstić information content (AvgIpc) is 2.60. The van der Waals surface area contributed by atoms with Crippen LogP contribution in [0.4, 0.5) is 11.5 Å². The Morgan fingerprint density at radius 1 is 1.36 bits per heavy atom. The van der Waals surface area contributed by atoms with E-state index in [9.17, 15) is 19.3 Å². The fourth-order valence-corrected chi connectivity index (χ4v) is 2.64. The van der Waals surface area contributed by atoms with E-state index >= 15 is 0 Å². The third-order valence-corrected chi connectivity index (χ3v) is 4.18. The molecule has 1 aromatic carbocycles. The quantitative estimate of drug-likeness (QED) is 0.292. The molecule has 0 fully saturated rings. The minimum Gasteiger partial charge on any atom is -0.505 e. The van der Waals surface area contributed by atoms with Crippen molar-refractivity contribution in [2.45, 2.75) is 13.5 Å². The first-order valence-corrected chi connectivity index (χ1v) is 9.26. The van der Waals surface area contributed by atoms with Crippen LogP contribution < -0.4 is 0 Å². The topological polar surface area (TPSA) is 179 Å². The maximum absolute atomic E-state index is 11.3. The molecule has 2 aromatic rings. The van der Waals surface area contributed by atoms with Gasteiger partial charge in [0.05, 0.1) is 34.1 Å². The predicted octanol–water partition coefficient (Wildman–Crippen LogP) is 3.28. The molecule has 1 aromatic heterocycles. The molecule has 0 aliphatic heterocycles. The summed E-state index contributed by atoms with van der Waals surface area (Å²) in [5, 5.41) is 26.5. The molecule has 0 bridgehead atoms. The summed E-state index contributed by atoms with van der Waals surface area (Å²) >= 11 is 5.85. The number of rotatable bonds is 7. The molecule has 13 heteroatoms. The zero-order chi connectivity index (χ0) is 21.1. The van der Waals surface area contributed by atoms with Crippen molar-refractivity contribution in [3.05, 3.63) is 45.6 Å². The summed E-state index contributed by atoms with van der Waals surface area (Å²) in [6, 6.07) is 3.76. The van der Waals surface area contributed by atoms with Gasteiger partial charge in [-0.2, -0.15) is 0 Å². The number of phosphoric acid groups is 1. The highest BCUT2D eigenvalue weighted by molar-refractivity contribution is 7.46. The van der Waals surface area contributed by atoms with Gasteiger partial charge >= 0.3 is 13.8 Å². The lowest BCUT2D eigenvalue weighted by atomic mass is 10.1. The number of carboxylic acid groups (broad SMARTS) is 1. The van der Waals surface area contributed by atoms with Crippen LogP contribution in [0.25, 0.3) is 0 Å². The third-order valence-electron chi connectivity index (χ3n) is 3.40. The maximum atomic E-state index is 11.3. The molecule has 0 saturated heterocycles. The van der Waals surface area contributed by atoms with Crippen molar-refractivity contribution in [1.29, 1.82) is 0 Å². The van der Waals surface area contributed by atoms with E-state index in [1.807, 2.05) is 0 Å². The highest BCUT2D eigenvalue weighted by Crippen LogP contribution is 2.40. The average molecular weight is 430 g/mol. The van der Waals surface area contributed by atoms with Crippen molar-refractivity contribution in [3.8, 4) is 5.75 Å². The van der Waals surface area contributed by atoms with Crippen molar-refractivity contribution < 1.29 is 38.7 Å². The number of carbonyl (C=O) groups excluding carboxylic acids is 1. The molecule has 148 valence electrons. The molecule has 0 atom stereocenters. The summed E-state index contributed by atoms with van der Waals surface area (Å²) in [4.78, 5) is 44.0. The lowest BCUT2D eigenvalue weighted by Crippen LogP contribution is -2.01. The first-order valence-electron chi connectivity index (χ1n) is 7.35. The highest BCUT2D eigenvalue weighted by Gasteiger charge is 2.22. The number of azo groups is 1. The van der Waals surface area contributed by atoms with Gasteiger partial charge in [-0.15, -0.1) is 10.2 Å². The lowest BCUT2D eigenvalue weighted by Gasteiger charge is -2.12. The fraction of sp³-hybridized carbons (Fsp3) is 0.133. The van der Waals surface area contributed by atoms with Gasteiger partial charge in [0.25, 0.3) is 0 Å². The second-order valence-electron chi connectivity index (χ2n) is 5.31. The van der Waals surface area contributed by atoms with Crippen LogP contribution in [0, 0.1) is 6.92 Å². The summed E-state index contributed by atoms with van der Waals surface area (Å²) in [7, 11) is -4.88. The maximum Gasteiger partial charge on any atom is 0.469 e. The van der Waals surface area contributed by atoms with E-state index in [4.69, 9.17) is 26.5 Å². The number of pyridine rings is 1. The first-order chi connectivity index (χ1) is 13.0. The van der Waals surface area contributed by atoms with Crippen LogP contribution in [0.2, 0.25) is 5.02 Å². The number of aromatic nitrogens is 1. The van der Waals surface area contributed by atoms with Crippen molar-refractivity contribution in [1.82, 2.24) is 4.98 Å². The molecular formula is C15H13ClN3O8P. The lowest BCUT2D eigenvalue weighted by molar-refractivity contribution is 0.0697. The number of hydrogen-bond acceptors (Lipinski definition) is 8. The van der Waals surface area contributed by atoms with Gasteiger partial charge in [-0.3, -0.25) is 9.32 Å². The molecule has 0 spiro atoms. The standard InChI is InChI=1S/C15H13ClN3O8P/c1-7-13(21)10(5-20)11(6-27-28(24,25)26)14(17-7)19-18-8-2-3-9(15(22)23)12(16)4-8/h2-5,21H,6H2,1H3,(H,22,23)(H2,24,25,26). The number of hydrogen-bond donors (Lipinski definition) is 4. The Bertz CT molecular complexity index is 1020. The van der Waals surface area contributed by atoms with Gasteiger partial charge in [-0.25, -0.2) is 14.3 Å². The Morgan fingerprint density at radius 3 is 2.57 bits per heavy atom. The van der Waals surface area contributed by atoms with E-state index in [0.717, 1.165) is 0 Å². The second-order valence-corrected chi connectivity index (χ2v) is 6.96. The van der Waals surface area contributed by atoms with Crippen LogP contribution in [-0.2, 0) is 15.7 Å². The summed E-state index contributed by atoms with van der Waals surface area (Å²) < 4.78 is 15.3. The van der Waals surface area contributed by atoms with Crippen LogP contribution in [0.5, 0.6) is 5.75 Å². The highest BCUT2D eigenvalue weighted by atomic mass is 35.5. The van der Waals surface area contributed by atoms with Crippen LogP contribution in [0.15, 0.2) is 28.4 Å². The molecule has 11 nitrogen and oxygen atoms in total. The SMILES string of the molecule is Cc1nc(N=Nc2ccc(C(=O)O)c(Cl)c2)c(COP(=O)(O)O)c(C=O)c1O. The summed E-state index contributed by atoms with van der Waals surface area (Å²) in [5.41, 5.74) is -0.474. The Morgan fingerprint density at radius 2 is 2.04 bits per heavy atom. The number of aryl methyl sites for hydroxylation is 1. The number of halogens is 1. The summed E-state index contributed by atoms with van der Waals surface area (Å²) in [6.07, 6.45) is 0.264. The Balaban J connectivity index is 2.49. The minimum atomic E-state index is -4.88. The molecule has 0 aliphatic carbocycles. The van der Waals surface area contributed by atoms with Crippen LogP contribution >= 0.6 is 19.4 Å². The molecule has 2 rings (SSSR count). The number of phosphoric ester groups is 1. The van der Waals surface area contributed by atoms with E-state index in [1.165, 1.54) is 25.1 Å². The predicted molar refractivity (Wildman–Crippen MR) is 95.4 cm³/mol. The van der Waals surface area contributed by atoms with Gasteiger partial charge in [-0.05, 0) is 25.1 Å². The van der Waals surface area contributed by atoms with Crippen LogP contribution in [0.1, 0.15) is 32.0 Å². The number of aromatic hydroxyl groups is 1. The normalized spacial score (nSPS) is 11.7. The molecule has 28 heavy (non-hydrogen) atoms. The van der Waals surface area contributed by atoms with Gasteiger partial charge in [-0.1, -0.05) is 11.6 Å². The smallest absolute Gasteiger partial charge is 0.469 e. The van der Waals surface area contributed by atoms with Crippen LogP contribution in [0.3, 0.4) is 0 Å². The second kappa shape index (κ2) is 8.55. The summed E-state index contributed by atoms with van der Waals surface area (Å²) in [6.45, 7) is 0.611. The molecule has 0 saturated carbocycles. The number of nitrogens with zero attached hydrogens (tertiary/aromatic N) is 3. The van der Waals surface area contributed by atoms with Gasteiger partial charge in [0.15, 0.2) is 12.1 Å². The van der Waals surface area contributed by atoms with E-state index in [0.29, 0.717) is 0 Å². The fourth-order valence-electron chi connectivity index (χ4n) is 2.08. The van der Waals surface area contributed by atoms with Gasteiger partial charge in [0.1, 0.15) is 5.75 Å². The first kappa shape index (κ1) is 21.6. The Labute approximate surface area is 162 Å². The molecule has 0 aliphatic rings. The van der Waals surface area contributed by atoms with Crippen molar-refractivity contribution >= 4 is 43.2 Å².